The molecule has 7 heteroatoms. The Kier molecular flexibility index (Phi) is 5.46. The highest BCUT2D eigenvalue weighted by Crippen LogP contribution is 2.10. The van der Waals surface area contributed by atoms with Crippen LogP contribution in [0.15, 0.2) is 24.3 Å². The number of methoxy groups -OCH3 is 1. The highest BCUT2D eigenvalue weighted by molar-refractivity contribution is 5.73. The molecule has 7 nitrogen and oxygen atoms in total. The first-order chi connectivity index (χ1) is 8.61. The fourth-order valence-electron chi connectivity index (χ4n) is 1.13. The summed E-state index contributed by atoms with van der Waals surface area (Å²) in [5.41, 5.74) is 2.83. The number of amides is 2. The normalized spacial score (nSPS) is 9.61. The maximum atomic E-state index is 11.2. The van der Waals surface area contributed by atoms with Crippen LogP contribution in [-0.4, -0.2) is 30.8 Å². The molecule has 0 fully saturated rings. The molecule has 98 valence electrons. The third-order valence-corrected chi connectivity index (χ3v) is 1.97. The first-order valence-electron chi connectivity index (χ1n) is 5.12. The van der Waals surface area contributed by atoms with Crippen molar-refractivity contribution in [3.63, 3.8) is 0 Å². The summed E-state index contributed by atoms with van der Waals surface area (Å²) in [5.74, 6) is -0.432. The summed E-state index contributed by atoms with van der Waals surface area (Å²) in [6, 6.07) is 6.55. The Morgan fingerprint density at radius 3 is 2.50 bits per heavy atom. The van der Waals surface area contributed by atoms with Crippen LogP contribution in [-0.2, 0) is 16.2 Å². The Labute approximate surface area is 104 Å². The number of hydroxylamine groups is 1. The average molecular weight is 254 g/mol. The Bertz CT molecular complexity index is 404. The topological polar surface area (TPSA) is 96.9 Å². The van der Waals surface area contributed by atoms with Crippen molar-refractivity contribution in [1.29, 1.82) is 0 Å². The van der Waals surface area contributed by atoms with Crippen molar-refractivity contribution in [2.45, 2.75) is 6.54 Å². The maximum absolute atomic E-state index is 11.2. The molecule has 0 bridgehead atoms. The molecule has 0 aromatic heterocycles. The van der Waals surface area contributed by atoms with Gasteiger partial charge in [-0.15, -0.1) is 0 Å². The molecule has 0 heterocycles. The molecule has 0 unspecified atom stereocenters. The summed E-state index contributed by atoms with van der Waals surface area (Å²) in [5, 5.41) is 10.8. The Hall–Kier alpha value is -2.28. The van der Waals surface area contributed by atoms with Gasteiger partial charge in [0.15, 0.2) is 6.61 Å². The third kappa shape index (κ3) is 5.17. The number of rotatable bonds is 6. The first kappa shape index (κ1) is 13.8. The zero-order valence-electron chi connectivity index (χ0n) is 9.80. The van der Waals surface area contributed by atoms with E-state index in [2.05, 4.69) is 10.2 Å². The molecule has 0 saturated heterocycles. The van der Waals surface area contributed by atoms with E-state index < -0.39 is 18.6 Å². The van der Waals surface area contributed by atoms with Gasteiger partial charge in [-0.25, -0.2) is 15.1 Å². The van der Waals surface area contributed by atoms with Crippen molar-refractivity contribution >= 4 is 12.0 Å². The van der Waals surface area contributed by atoms with E-state index in [-0.39, 0.29) is 0 Å². The molecule has 0 radical (unpaired) electrons. The molecule has 0 atom stereocenters. The molecule has 2 amide bonds. The number of hydrogen-bond donors (Lipinski definition) is 3. The molecule has 1 aromatic carbocycles. The second-order valence-electron chi connectivity index (χ2n) is 3.32. The van der Waals surface area contributed by atoms with Gasteiger partial charge in [-0.05, 0) is 17.7 Å². The number of urea groups is 1. The molecule has 0 aliphatic heterocycles. The minimum atomic E-state index is -1.16. The largest absolute Gasteiger partial charge is 0.497 e. The molecule has 0 aliphatic rings. The van der Waals surface area contributed by atoms with Gasteiger partial charge >= 0.3 is 12.0 Å². The predicted octanol–water partition coefficient (Wildman–Crippen LogP) is 0.511. The lowest BCUT2D eigenvalue weighted by Gasteiger charge is -2.07. The molecule has 1 rings (SSSR count). The first-order valence-corrected chi connectivity index (χ1v) is 5.12. The van der Waals surface area contributed by atoms with E-state index in [0.717, 1.165) is 11.3 Å². The Morgan fingerprint density at radius 1 is 1.28 bits per heavy atom. The summed E-state index contributed by atoms with van der Waals surface area (Å²) in [7, 11) is 1.57. The number of benzene rings is 1. The number of carboxylic acids is 1. The van der Waals surface area contributed by atoms with Gasteiger partial charge in [0, 0.05) is 6.54 Å². The summed E-state index contributed by atoms with van der Waals surface area (Å²) < 4.78 is 5.00. The van der Waals surface area contributed by atoms with E-state index in [4.69, 9.17) is 9.84 Å². The SMILES string of the molecule is COc1ccc(CNC(=O)NOCC(=O)O)cc1. The fraction of sp³-hybridized carbons (Fsp3) is 0.273. The van der Waals surface area contributed by atoms with Crippen LogP contribution in [0.5, 0.6) is 5.75 Å². The Balaban J connectivity index is 2.26. The van der Waals surface area contributed by atoms with Gasteiger partial charge in [0.05, 0.1) is 7.11 Å². The molecule has 3 N–H and O–H groups in total. The summed E-state index contributed by atoms with van der Waals surface area (Å²) >= 11 is 0. The smallest absolute Gasteiger partial charge is 0.338 e. The molecule has 0 aliphatic carbocycles. The second-order valence-corrected chi connectivity index (χ2v) is 3.32. The van der Waals surface area contributed by atoms with E-state index in [1.807, 2.05) is 5.48 Å². The quantitative estimate of drug-likeness (QED) is 0.643. The number of carbonyl (C=O) groups is 2. The average Bonchev–Trinajstić information content (AvgIpc) is 2.36. The van der Waals surface area contributed by atoms with Crippen LogP contribution in [0.1, 0.15) is 5.56 Å². The van der Waals surface area contributed by atoms with E-state index in [0.29, 0.717) is 6.54 Å². The van der Waals surface area contributed by atoms with Gasteiger partial charge in [-0.3, -0.25) is 4.84 Å². The lowest BCUT2D eigenvalue weighted by atomic mass is 10.2. The summed E-state index contributed by atoms with van der Waals surface area (Å²) in [6.45, 7) is -0.289. The van der Waals surface area contributed by atoms with Gasteiger partial charge < -0.3 is 15.2 Å². The molecular formula is C11H14N2O5. The zero-order chi connectivity index (χ0) is 13.4. The van der Waals surface area contributed by atoms with Crippen molar-refractivity contribution in [2.75, 3.05) is 13.7 Å². The molecular weight excluding hydrogens is 240 g/mol. The fourth-order valence-corrected chi connectivity index (χ4v) is 1.13. The number of ether oxygens (including phenoxy) is 1. The number of nitrogens with one attached hydrogen (secondary N) is 2. The van der Waals surface area contributed by atoms with Gasteiger partial charge in [0.25, 0.3) is 0 Å². The van der Waals surface area contributed by atoms with Crippen LogP contribution in [0.3, 0.4) is 0 Å². The lowest BCUT2D eigenvalue weighted by molar-refractivity contribution is -0.144. The monoisotopic (exact) mass is 254 g/mol. The van der Waals surface area contributed by atoms with Crippen LogP contribution in [0.2, 0.25) is 0 Å². The number of aliphatic carboxylic acids is 1. The van der Waals surface area contributed by atoms with Crippen LogP contribution in [0.4, 0.5) is 4.79 Å². The maximum Gasteiger partial charge on any atom is 0.338 e. The van der Waals surface area contributed by atoms with E-state index in [9.17, 15) is 9.59 Å². The summed E-state index contributed by atoms with van der Waals surface area (Å²) in [6.07, 6.45) is 0. The standard InChI is InChI=1S/C11H14N2O5/c1-17-9-4-2-8(3-5-9)6-12-11(16)13-18-7-10(14)15/h2-5H,6-7H2,1H3,(H,14,15)(H2,12,13,16). The van der Waals surface area contributed by atoms with Crippen LogP contribution in [0.25, 0.3) is 0 Å². The highest BCUT2D eigenvalue weighted by Gasteiger charge is 2.02. The van der Waals surface area contributed by atoms with E-state index in [1.165, 1.54) is 0 Å². The molecule has 0 spiro atoms. The molecule has 18 heavy (non-hydrogen) atoms. The zero-order valence-corrected chi connectivity index (χ0v) is 9.80. The third-order valence-electron chi connectivity index (χ3n) is 1.97. The van der Waals surface area contributed by atoms with Gasteiger partial charge in [0.2, 0.25) is 0 Å². The van der Waals surface area contributed by atoms with Crippen LogP contribution < -0.4 is 15.5 Å². The highest BCUT2D eigenvalue weighted by atomic mass is 16.7. The van der Waals surface area contributed by atoms with Gasteiger partial charge in [0.1, 0.15) is 5.75 Å². The minimum absolute atomic E-state index is 0.298. The van der Waals surface area contributed by atoms with Crippen LogP contribution in [0, 0.1) is 0 Å². The minimum Gasteiger partial charge on any atom is -0.497 e. The van der Waals surface area contributed by atoms with E-state index >= 15 is 0 Å². The second kappa shape index (κ2) is 7.13. The van der Waals surface area contributed by atoms with Gasteiger partial charge in [-0.2, -0.15) is 0 Å². The molecule has 0 saturated carbocycles. The number of carbonyl (C=O) groups excluding carboxylic acids is 1. The number of hydrogen-bond acceptors (Lipinski definition) is 4. The van der Waals surface area contributed by atoms with Crippen molar-refractivity contribution < 1.29 is 24.3 Å². The number of carboxylic acid groups (broad SMARTS) is 1. The van der Waals surface area contributed by atoms with Crippen molar-refractivity contribution in [3.05, 3.63) is 29.8 Å². The predicted molar refractivity (Wildman–Crippen MR) is 62.0 cm³/mol. The summed E-state index contributed by atoms with van der Waals surface area (Å²) in [4.78, 5) is 25.7. The Morgan fingerprint density at radius 2 is 1.94 bits per heavy atom. The van der Waals surface area contributed by atoms with Crippen LogP contribution >= 0.6 is 0 Å². The lowest BCUT2D eigenvalue weighted by Crippen LogP contribution is -2.36. The van der Waals surface area contributed by atoms with Crippen molar-refractivity contribution in [1.82, 2.24) is 10.8 Å². The van der Waals surface area contributed by atoms with E-state index in [1.54, 1.807) is 31.4 Å². The van der Waals surface area contributed by atoms with Crippen molar-refractivity contribution in [3.8, 4) is 5.75 Å². The van der Waals surface area contributed by atoms with Gasteiger partial charge in [-0.1, -0.05) is 12.1 Å². The van der Waals surface area contributed by atoms with Crippen molar-refractivity contribution in [2.24, 2.45) is 0 Å². The molecule has 1 aromatic rings.